The quantitative estimate of drug-likeness (QED) is 0.273. The predicted octanol–water partition coefficient (Wildman–Crippen LogP) is 3.35. The molecule has 3 atom stereocenters. The SMILES string of the molecule is COCc1cc2cc(-c3c(C)nc(NCc4nccs4)nc3NC3CC(CO)CC3O)oc2cn1. The standard InChI is InChI=1S/C24H28N6O4S/c1-13-22(19-8-15-7-16(12-33-2)26-9-20(15)34-19)23(29-17-5-14(11-31)6-18(17)32)30-24(28-13)27-10-21-25-3-4-35-21/h3-4,7-9,14,17-18,31-32H,5-6,10-12H2,1-2H3,(H2,27,28,29,30). The zero-order valence-electron chi connectivity index (χ0n) is 19.6. The van der Waals surface area contributed by atoms with Gasteiger partial charge in [0, 0.05) is 30.7 Å². The molecule has 0 spiro atoms. The average Bonchev–Trinajstić information content (AvgIpc) is 3.58. The number of aliphatic hydroxyl groups excluding tert-OH is 2. The van der Waals surface area contributed by atoms with Crippen LogP contribution in [0.4, 0.5) is 11.8 Å². The molecule has 0 radical (unpaired) electrons. The van der Waals surface area contributed by atoms with Gasteiger partial charge in [-0.1, -0.05) is 0 Å². The van der Waals surface area contributed by atoms with Crippen molar-refractivity contribution in [2.45, 2.75) is 45.1 Å². The van der Waals surface area contributed by atoms with Crippen LogP contribution >= 0.6 is 11.3 Å². The Bertz CT molecular complexity index is 1290. The molecule has 4 N–H and O–H groups in total. The van der Waals surface area contributed by atoms with Crippen LogP contribution in [-0.2, 0) is 17.9 Å². The lowest BCUT2D eigenvalue weighted by Gasteiger charge is -2.20. The molecule has 1 saturated carbocycles. The number of pyridine rings is 1. The molecule has 0 amide bonds. The second kappa shape index (κ2) is 10.2. The number of rotatable bonds is 9. The van der Waals surface area contributed by atoms with Gasteiger partial charge in [0.25, 0.3) is 0 Å². The molecule has 35 heavy (non-hydrogen) atoms. The molecule has 5 rings (SSSR count). The Balaban J connectivity index is 1.51. The molecule has 1 aliphatic carbocycles. The van der Waals surface area contributed by atoms with E-state index in [9.17, 15) is 10.2 Å². The highest BCUT2D eigenvalue weighted by molar-refractivity contribution is 7.09. The molecular weight excluding hydrogens is 468 g/mol. The van der Waals surface area contributed by atoms with Crippen LogP contribution in [0.5, 0.6) is 0 Å². The minimum Gasteiger partial charge on any atom is -0.454 e. The number of aromatic nitrogens is 4. The van der Waals surface area contributed by atoms with E-state index in [2.05, 4.69) is 25.6 Å². The first kappa shape index (κ1) is 23.6. The summed E-state index contributed by atoms with van der Waals surface area (Å²) in [5, 5.41) is 30.6. The molecular formula is C24H28N6O4S. The van der Waals surface area contributed by atoms with E-state index in [1.165, 1.54) is 0 Å². The number of methoxy groups -OCH3 is 1. The third kappa shape index (κ3) is 5.13. The summed E-state index contributed by atoms with van der Waals surface area (Å²) in [6.07, 6.45) is 4.05. The maximum Gasteiger partial charge on any atom is 0.225 e. The van der Waals surface area contributed by atoms with Crippen LogP contribution in [0.2, 0.25) is 0 Å². The van der Waals surface area contributed by atoms with E-state index in [0.29, 0.717) is 54.7 Å². The highest BCUT2D eigenvalue weighted by Gasteiger charge is 2.34. The van der Waals surface area contributed by atoms with Gasteiger partial charge in [-0.25, -0.2) is 9.97 Å². The molecule has 0 aliphatic heterocycles. The number of aliphatic hydroxyl groups is 2. The second-order valence-corrected chi connectivity index (χ2v) is 9.71. The van der Waals surface area contributed by atoms with Crippen molar-refractivity contribution in [1.82, 2.24) is 19.9 Å². The molecule has 4 heterocycles. The van der Waals surface area contributed by atoms with Crippen LogP contribution < -0.4 is 10.6 Å². The van der Waals surface area contributed by atoms with Crippen molar-refractivity contribution in [2.24, 2.45) is 5.92 Å². The summed E-state index contributed by atoms with van der Waals surface area (Å²) >= 11 is 1.56. The molecule has 11 heteroatoms. The second-order valence-electron chi connectivity index (χ2n) is 8.73. The molecule has 3 unspecified atom stereocenters. The molecule has 4 aromatic heterocycles. The monoisotopic (exact) mass is 496 g/mol. The molecule has 0 aromatic carbocycles. The van der Waals surface area contributed by atoms with Crippen LogP contribution in [0.15, 0.2) is 34.3 Å². The van der Waals surface area contributed by atoms with Crippen molar-refractivity contribution in [1.29, 1.82) is 0 Å². The molecule has 184 valence electrons. The number of furan rings is 1. The normalized spacial score (nSPS) is 19.9. The molecule has 0 saturated heterocycles. The number of fused-ring (bicyclic) bond motifs is 1. The van der Waals surface area contributed by atoms with Crippen LogP contribution in [0.25, 0.3) is 22.3 Å². The van der Waals surface area contributed by atoms with Gasteiger partial charge in [0.1, 0.15) is 16.6 Å². The number of nitrogens with zero attached hydrogens (tertiary/aromatic N) is 4. The third-order valence-corrected chi connectivity index (χ3v) is 6.96. The highest BCUT2D eigenvalue weighted by atomic mass is 32.1. The summed E-state index contributed by atoms with van der Waals surface area (Å²) in [5.74, 6) is 1.67. The average molecular weight is 497 g/mol. The smallest absolute Gasteiger partial charge is 0.225 e. The fourth-order valence-corrected chi connectivity index (χ4v) is 5.04. The first-order valence-electron chi connectivity index (χ1n) is 11.5. The van der Waals surface area contributed by atoms with Gasteiger partial charge in [-0.15, -0.1) is 11.3 Å². The number of nitrogens with one attached hydrogen (secondary N) is 2. The van der Waals surface area contributed by atoms with Crippen LogP contribution in [0, 0.1) is 12.8 Å². The molecule has 0 bridgehead atoms. The maximum absolute atomic E-state index is 10.6. The van der Waals surface area contributed by atoms with Crippen LogP contribution in [-0.4, -0.2) is 56.0 Å². The number of thiazole rings is 1. The Hall–Kier alpha value is -3.12. The van der Waals surface area contributed by atoms with Gasteiger partial charge in [-0.3, -0.25) is 4.98 Å². The van der Waals surface area contributed by atoms with Gasteiger partial charge >= 0.3 is 0 Å². The van der Waals surface area contributed by atoms with E-state index in [4.69, 9.17) is 14.1 Å². The number of hydrogen-bond acceptors (Lipinski definition) is 11. The lowest BCUT2D eigenvalue weighted by atomic mass is 10.1. The first-order valence-corrected chi connectivity index (χ1v) is 12.4. The van der Waals surface area contributed by atoms with Gasteiger partial charge in [0.2, 0.25) is 5.95 Å². The van der Waals surface area contributed by atoms with Crippen molar-refractivity contribution in [3.8, 4) is 11.3 Å². The minimum atomic E-state index is -0.585. The third-order valence-electron chi connectivity index (χ3n) is 6.18. The molecule has 10 nitrogen and oxygen atoms in total. The van der Waals surface area contributed by atoms with Crippen LogP contribution in [0.3, 0.4) is 0 Å². The van der Waals surface area contributed by atoms with E-state index >= 15 is 0 Å². The van der Waals surface area contributed by atoms with Gasteiger partial charge in [0.15, 0.2) is 5.58 Å². The number of anilines is 2. The zero-order chi connectivity index (χ0) is 24.4. The van der Waals surface area contributed by atoms with E-state index in [1.807, 2.05) is 24.4 Å². The lowest BCUT2D eigenvalue weighted by molar-refractivity contribution is 0.157. The Morgan fingerprint density at radius 3 is 2.86 bits per heavy atom. The first-order chi connectivity index (χ1) is 17.0. The summed E-state index contributed by atoms with van der Waals surface area (Å²) < 4.78 is 11.3. The van der Waals surface area contributed by atoms with Crippen molar-refractivity contribution < 1.29 is 19.4 Å². The van der Waals surface area contributed by atoms with E-state index in [1.54, 1.807) is 30.8 Å². The van der Waals surface area contributed by atoms with E-state index < -0.39 is 6.10 Å². The van der Waals surface area contributed by atoms with Crippen molar-refractivity contribution in [3.05, 3.63) is 46.3 Å². The lowest BCUT2D eigenvalue weighted by Crippen LogP contribution is -2.29. The van der Waals surface area contributed by atoms with Crippen molar-refractivity contribution in [2.75, 3.05) is 24.4 Å². The van der Waals surface area contributed by atoms with Gasteiger partial charge in [-0.05, 0) is 37.8 Å². The van der Waals surface area contributed by atoms with Gasteiger partial charge in [-0.2, -0.15) is 4.98 Å². The van der Waals surface area contributed by atoms with E-state index in [-0.39, 0.29) is 18.6 Å². The maximum atomic E-state index is 10.6. The topological polar surface area (TPSA) is 138 Å². The molecule has 1 fully saturated rings. The fraction of sp³-hybridized carbons (Fsp3) is 0.417. The van der Waals surface area contributed by atoms with Crippen molar-refractivity contribution >= 4 is 34.1 Å². The highest BCUT2D eigenvalue weighted by Crippen LogP contribution is 2.37. The van der Waals surface area contributed by atoms with Gasteiger partial charge < -0.3 is 30.0 Å². The predicted molar refractivity (Wildman–Crippen MR) is 133 cm³/mol. The summed E-state index contributed by atoms with van der Waals surface area (Å²) in [6.45, 7) is 2.87. The van der Waals surface area contributed by atoms with E-state index in [0.717, 1.165) is 21.8 Å². The fourth-order valence-electron chi connectivity index (χ4n) is 4.49. The summed E-state index contributed by atoms with van der Waals surface area (Å²) in [6, 6.07) is 3.63. The van der Waals surface area contributed by atoms with Gasteiger partial charge in [0.05, 0.1) is 48.4 Å². The number of ether oxygens (including phenoxy) is 1. The summed E-state index contributed by atoms with van der Waals surface area (Å²) in [5.41, 5.74) is 2.90. The number of hydrogen-bond donors (Lipinski definition) is 4. The Morgan fingerprint density at radius 2 is 2.11 bits per heavy atom. The summed E-state index contributed by atoms with van der Waals surface area (Å²) in [7, 11) is 1.63. The Labute approximate surface area is 206 Å². The van der Waals surface area contributed by atoms with Crippen molar-refractivity contribution in [3.63, 3.8) is 0 Å². The number of aryl methyl sites for hydroxylation is 1. The zero-order valence-corrected chi connectivity index (χ0v) is 20.4. The summed E-state index contributed by atoms with van der Waals surface area (Å²) in [4.78, 5) is 18.1. The Morgan fingerprint density at radius 1 is 1.23 bits per heavy atom. The minimum absolute atomic E-state index is 0.0475. The molecule has 1 aliphatic rings. The van der Waals surface area contributed by atoms with Crippen LogP contribution in [0.1, 0.15) is 29.2 Å². The largest absolute Gasteiger partial charge is 0.454 e. The Kier molecular flexibility index (Phi) is 6.91. The molecule has 4 aromatic rings.